The van der Waals surface area contributed by atoms with E-state index in [1.54, 1.807) is 0 Å². The van der Waals surface area contributed by atoms with Crippen molar-refractivity contribution in [2.75, 3.05) is 19.4 Å². The van der Waals surface area contributed by atoms with Crippen molar-refractivity contribution in [2.24, 2.45) is 5.92 Å². The van der Waals surface area contributed by atoms with Gasteiger partial charge in [0.2, 0.25) is 0 Å². The Balaban J connectivity index is 1.92. The van der Waals surface area contributed by atoms with Crippen LogP contribution < -0.4 is 5.32 Å². The van der Waals surface area contributed by atoms with Gasteiger partial charge in [-0.3, -0.25) is 9.69 Å². The van der Waals surface area contributed by atoms with Gasteiger partial charge in [-0.1, -0.05) is 0 Å². The number of rotatable bonds is 5. The standard InChI is InChI=1S/C12H18N2O5S/c1-19-9(15)4-5-13-12(18)14-8(11(16)17)6-20-10(14)7-2-3-7/h7-8,10H,2-6H2,1H3,(H,13,18)(H,16,17). The fraction of sp³-hybridized carbons (Fsp3) is 0.750. The third-order valence-electron chi connectivity index (χ3n) is 3.41. The van der Waals surface area contributed by atoms with Gasteiger partial charge in [0.25, 0.3) is 0 Å². The van der Waals surface area contributed by atoms with Crippen molar-refractivity contribution in [2.45, 2.75) is 30.7 Å². The number of nitrogens with one attached hydrogen (secondary N) is 1. The minimum absolute atomic E-state index is 0.0609. The van der Waals surface area contributed by atoms with Crippen LogP contribution >= 0.6 is 11.8 Å². The zero-order valence-corrected chi connectivity index (χ0v) is 12.0. The Kier molecular flexibility index (Phi) is 4.74. The molecule has 2 amide bonds. The summed E-state index contributed by atoms with van der Waals surface area (Å²) in [6.45, 7) is 0.149. The first-order valence-electron chi connectivity index (χ1n) is 6.52. The third-order valence-corrected chi connectivity index (χ3v) is 4.87. The van der Waals surface area contributed by atoms with Gasteiger partial charge in [0.05, 0.1) is 18.9 Å². The topological polar surface area (TPSA) is 95.9 Å². The number of urea groups is 1. The second-order valence-electron chi connectivity index (χ2n) is 4.88. The number of aliphatic carboxylic acids is 1. The molecule has 7 nitrogen and oxygen atoms in total. The van der Waals surface area contributed by atoms with Crippen molar-refractivity contribution >= 4 is 29.7 Å². The average molecular weight is 302 g/mol. The van der Waals surface area contributed by atoms with Gasteiger partial charge in [-0.25, -0.2) is 9.59 Å². The van der Waals surface area contributed by atoms with E-state index in [1.165, 1.54) is 23.8 Å². The van der Waals surface area contributed by atoms with Crippen molar-refractivity contribution in [1.29, 1.82) is 0 Å². The molecule has 0 aromatic heterocycles. The Morgan fingerprint density at radius 2 is 2.10 bits per heavy atom. The van der Waals surface area contributed by atoms with Crippen LogP contribution in [0.5, 0.6) is 0 Å². The highest BCUT2D eigenvalue weighted by atomic mass is 32.2. The summed E-state index contributed by atoms with van der Waals surface area (Å²) in [7, 11) is 1.28. The number of ether oxygens (including phenoxy) is 1. The summed E-state index contributed by atoms with van der Waals surface area (Å²) in [5, 5.41) is 11.7. The lowest BCUT2D eigenvalue weighted by atomic mass is 10.2. The van der Waals surface area contributed by atoms with Crippen LogP contribution in [0.4, 0.5) is 4.79 Å². The molecule has 1 aliphatic heterocycles. The number of hydrogen-bond donors (Lipinski definition) is 2. The van der Waals surface area contributed by atoms with Crippen molar-refractivity contribution in [3.63, 3.8) is 0 Å². The van der Waals surface area contributed by atoms with E-state index in [0.717, 1.165) is 12.8 Å². The van der Waals surface area contributed by atoms with Gasteiger partial charge in [-0.15, -0.1) is 11.8 Å². The molecule has 20 heavy (non-hydrogen) atoms. The average Bonchev–Trinajstić information content (AvgIpc) is 3.16. The van der Waals surface area contributed by atoms with Crippen LogP contribution in [0.1, 0.15) is 19.3 Å². The highest BCUT2D eigenvalue weighted by molar-refractivity contribution is 8.00. The number of amides is 2. The molecule has 0 aromatic carbocycles. The number of carboxylic acid groups (broad SMARTS) is 1. The maximum Gasteiger partial charge on any atom is 0.327 e. The van der Waals surface area contributed by atoms with Crippen LogP contribution in [-0.2, 0) is 14.3 Å². The maximum absolute atomic E-state index is 12.2. The van der Waals surface area contributed by atoms with E-state index in [0.29, 0.717) is 11.7 Å². The van der Waals surface area contributed by atoms with E-state index in [2.05, 4.69) is 10.1 Å². The molecule has 0 radical (unpaired) electrons. The molecule has 0 aromatic rings. The first-order chi connectivity index (χ1) is 9.54. The number of methoxy groups -OCH3 is 1. The highest BCUT2D eigenvalue weighted by Gasteiger charge is 2.48. The minimum atomic E-state index is -0.983. The zero-order chi connectivity index (χ0) is 14.7. The quantitative estimate of drug-likeness (QED) is 0.718. The Bertz CT molecular complexity index is 413. The molecular weight excluding hydrogens is 284 g/mol. The lowest BCUT2D eigenvalue weighted by molar-refractivity contribution is -0.142. The number of carbonyl (C=O) groups is 3. The number of esters is 1. The van der Waals surface area contributed by atoms with E-state index >= 15 is 0 Å². The molecule has 2 atom stereocenters. The summed E-state index contributed by atoms with van der Waals surface area (Å²) < 4.78 is 4.48. The molecule has 0 bridgehead atoms. The summed E-state index contributed by atoms with van der Waals surface area (Å²) in [6.07, 6.45) is 2.15. The highest BCUT2D eigenvalue weighted by Crippen LogP contribution is 2.45. The third kappa shape index (κ3) is 3.36. The molecule has 2 aliphatic rings. The van der Waals surface area contributed by atoms with Gasteiger partial charge >= 0.3 is 18.0 Å². The van der Waals surface area contributed by atoms with Crippen molar-refractivity contribution in [3.8, 4) is 0 Å². The molecule has 1 aliphatic carbocycles. The van der Waals surface area contributed by atoms with Gasteiger partial charge in [-0.05, 0) is 18.8 Å². The van der Waals surface area contributed by atoms with Crippen LogP contribution in [0.2, 0.25) is 0 Å². The zero-order valence-electron chi connectivity index (χ0n) is 11.2. The largest absolute Gasteiger partial charge is 0.480 e. The molecule has 8 heteroatoms. The fourth-order valence-corrected chi connectivity index (χ4v) is 3.81. The molecule has 2 rings (SSSR count). The molecule has 2 fully saturated rings. The molecule has 1 heterocycles. The SMILES string of the molecule is COC(=O)CCNC(=O)N1C(C(=O)O)CSC1C1CC1. The molecule has 112 valence electrons. The Hall–Kier alpha value is -1.44. The van der Waals surface area contributed by atoms with Gasteiger partial charge in [0, 0.05) is 12.3 Å². The summed E-state index contributed by atoms with van der Waals surface area (Å²) in [6, 6.07) is -1.20. The van der Waals surface area contributed by atoms with Crippen LogP contribution in [0.25, 0.3) is 0 Å². The Labute approximate surface area is 121 Å². The van der Waals surface area contributed by atoms with Crippen LogP contribution in [-0.4, -0.2) is 58.8 Å². The summed E-state index contributed by atoms with van der Waals surface area (Å²) in [5.41, 5.74) is 0. The van der Waals surface area contributed by atoms with Crippen LogP contribution in [0.3, 0.4) is 0 Å². The maximum atomic E-state index is 12.2. The monoisotopic (exact) mass is 302 g/mol. The predicted octanol–water partition coefficient (Wildman–Crippen LogP) is 0.497. The van der Waals surface area contributed by atoms with Crippen LogP contribution in [0, 0.1) is 5.92 Å². The van der Waals surface area contributed by atoms with Gasteiger partial charge in [0.1, 0.15) is 6.04 Å². The van der Waals surface area contributed by atoms with E-state index in [-0.39, 0.29) is 18.3 Å². The summed E-state index contributed by atoms with van der Waals surface area (Å²) >= 11 is 1.52. The number of nitrogens with zero attached hydrogens (tertiary/aromatic N) is 1. The van der Waals surface area contributed by atoms with Gasteiger partial charge in [-0.2, -0.15) is 0 Å². The molecule has 2 unspecified atom stereocenters. The summed E-state index contributed by atoms with van der Waals surface area (Å²) in [5.74, 6) is -0.574. The van der Waals surface area contributed by atoms with Crippen molar-refractivity contribution in [1.82, 2.24) is 10.2 Å². The molecular formula is C12H18N2O5S. The van der Waals surface area contributed by atoms with Crippen molar-refractivity contribution in [3.05, 3.63) is 0 Å². The molecule has 2 N–H and O–H groups in total. The molecule has 0 spiro atoms. The van der Waals surface area contributed by atoms with E-state index < -0.39 is 24.0 Å². The number of carboxylic acids is 1. The Morgan fingerprint density at radius 1 is 1.40 bits per heavy atom. The molecule has 1 saturated heterocycles. The first-order valence-corrected chi connectivity index (χ1v) is 7.57. The first kappa shape index (κ1) is 15.0. The predicted molar refractivity (Wildman–Crippen MR) is 72.3 cm³/mol. The van der Waals surface area contributed by atoms with Crippen molar-refractivity contribution < 1.29 is 24.2 Å². The fourth-order valence-electron chi connectivity index (χ4n) is 2.18. The number of carbonyl (C=O) groups excluding carboxylic acids is 2. The second-order valence-corrected chi connectivity index (χ2v) is 6.03. The second kappa shape index (κ2) is 6.34. The Morgan fingerprint density at radius 3 is 2.65 bits per heavy atom. The van der Waals surface area contributed by atoms with E-state index in [1.807, 2.05) is 0 Å². The van der Waals surface area contributed by atoms with Gasteiger partial charge < -0.3 is 15.2 Å². The summed E-state index contributed by atoms with van der Waals surface area (Å²) in [4.78, 5) is 35.8. The number of thioether (sulfide) groups is 1. The normalized spacial score (nSPS) is 25.4. The minimum Gasteiger partial charge on any atom is -0.480 e. The smallest absolute Gasteiger partial charge is 0.327 e. The van der Waals surface area contributed by atoms with Gasteiger partial charge in [0.15, 0.2) is 0 Å². The van der Waals surface area contributed by atoms with E-state index in [9.17, 15) is 19.5 Å². The molecule has 1 saturated carbocycles. The van der Waals surface area contributed by atoms with Crippen LogP contribution in [0.15, 0.2) is 0 Å². The number of hydrogen-bond acceptors (Lipinski definition) is 5. The van der Waals surface area contributed by atoms with E-state index in [4.69, 9.17) is 0 Å². The lowest BCUT2D eigenvalue weighted by Crippen LogP contribution is -2.51. The lowest BCUT2D eigenvalue weighted by Gasteiger charge is -2.27.